The van der Waals surface area contributed by atoms with E-state index in [2.05, 4.69) is 20.9 Å². The van der Waals surface area contributed by atoms with E-state index in [0.717, 1.165) is 25.6 Å². The maximum Gasteiger partial charge on any atom is 0.255 e. The van der Waals surface area contributed by atoms with Crippen LogP contribution in [-0.4, -0.2) is 21.1 Å². The summed E-state index contributed by atoms with van der Waals surface area (Å²) >= 11 is 0. The molecule has 0 bridgehead atoms. The van der Waals surface area contributed by atoms with Crippen molar-refractivity contribution in [2.75, 3.05) is 11.4 Å². The molecule has 0 aromatic carbocycles. The number of allylic oxidation sites excluding steroid dienone is 2. The van der Waals surface area contributed by atoms with Gasteiger partial charge in [0.15, 0.2) is 5.82 Å². The Morgan fingerprint density at radius 3 is 2.96 bits per heavy atom. The maximum atomic E-state index is 14.1. The largest absolute Gasteiger partial charge is 0.316 e. The average Bonchev–Trinajstić information content (AvgIpc) is 2.64. The monoisotopic (exact) mass is 340 g/mol. The number of hydrogen-bond acceptors (Lipinski definition) is 4. The molecular weight excluding hydrogens is 319 g/mol. The standard InChI is InChI=1S/C19H21FN4O/c1-23-18(25)11-16(14-8-9-21-12-15(14)20)22-19(23)24-10-4-6-13-5-2-3-7-17(13)24/h7-9,11-13H,2-6,10H2,1H3/t13-/m1/s1. The van der Waals surface area contributed by atoms with Crippen LogP contribution in [-0.2, 0) is 7.05 Å². The Hall–Kier alpha value is -2.50. The Morgan fingerprint density at radius 2 is 2.12 bits per heavy atom. The zero-order chi connectivity index (χ0) is 17.4. The summed E-state index contributed by atoms with van der Waals surface area (Å²) in [5.41, 5.74) is 1.75. The molecule has 130 valence electrons. The summed E-state index contributed by atoms with van der Waals surface area (Å²) in [6.45, 7) is 0.838. The van der Waals surface area contributed by atoms with Gasteiger partial charge in [0.2, 0.25) is 5.95 Å². The van der Waals surface area contributed by atoms with Crippen LogP contribution in [0.3, 0.4) is 0 Å². The van der Waals surface area contributed by atoms with Crippen molar-refractivity contribution in [2.45, 2.75) is 32.1 Å². The van der Waals surface area contributed by atoms with Gasteiger partial charge in [0.05, 0.1) is 11.9 Å². The molecule has 2 aliphatic rings. The van der Waals surface area contributed by atoms with E-state index in [1.807, 2.05) is 0 Å². The third kappa shape index (κ3) is 2.86. The molecule has 4 rings (SSSR count). The van der Waals surface area contributed by atoms with Gasteiger partial charge in [0, 0.05) is 37.1 Å². The predicted molar refractivity (Wildman–Crippen MR) is 94.7 cm³/mol. The lowest BCUT2D eigenvalue weighted by Crippen LogP contribution is -2.38. The van der Waals surface area contributed by atoms with E-state index in [4.69, 9.17) is 0 Å². The topological polar surface area (TPSA) is 51.0 Å². The second kappa shape index (κ2) is 6.43. The summed E-state index contributed by atoms with van der Waals surface area (Å²) in [6.07, 6.45) is 10.7. The molecule has 1 atom stereocenters. The number of pyridine rings is 1. The van der Waals surface area contributed by atoms with Crippen LogP contribution in [0.4, 0.5) is 10.3 Å². The van der Waals surface area contributed by atoms with Crippen molar-refractivity contribution in [3.05, 3.63) is 52.5 Å². The first kappa shape index (κ1) is 16.0. The number of aromatic nitrogens is 3. The highest BCUT2D eigenvalue weighted by Crippen LogP contribution is 2.37. The number of piperidine rings is 1. The molecule has 0 radical (unpaired) electrons. The van der Waals surface area contributed by atoms with Crippen molar-refractivity contribution in [3.63, 3.8) is 0 Å². The molecule has 6 heteroatoms. The third-order valence-corrected chi connectivity index (χ3v) is 5.18. The summed E-state index contributed by atoms with van der Waals surface area (Å²) in [4.78, 5) is 23.1. The molecule has 25 heavy (non-hydrogen) atoms. The van der Waals surface area contributed by atoms with Gasteiger partial charge in [-0.05, 0) is 44.1 Å². The molecule has 1 fully saturated rings. The van der Waals surface area contributed by atoms with E-state index in [0.29, 0.717) is 23.1 Å². The molecule has 0 saturated carbocycles. The number of anilines is 1. The second-order valence-electron chi connectivity index (χ2n) is 6.74. The van der Waals surface area contributed by atoms with Crippen molar-refractivity contribution in [1.82, 2.24) is 14.5 Å². The quantitative estimate of drug-likeness (QED) is 0.842. The van der Waals surface area contributed by atoms with Crippen LogP contribution in [0.25, 0.3) is 11.3 Å². The van der Waals surface area contributed by atoms with Crippen LogP contribution < -0.4 is 10.5 Å². The zero-order valence-electron chi connectivity index (χ0n) is 14.3. The smallest absolute Gasteiger partial charge is 0.255 e. The molecule has 0 amide bonds. The van der Waals surface area contributed by atoms with Crippen LogP contribution in [0.1, 0.15) is 32.1 Å². The molecule has 0 spiro atoms. The van der Waals surface area contributed by atoms with E-state index in [1.54, 1.807) is 17.7 Å². The molecular formula is C19H21FN4O. The Morgan fingerprint density at radius 1 is 1.28 bits per heavy atom. The van der Waals surface area contributed by atoms with E-state index >= 15 is 0 Å². The molecule has 0 unspecified atom stereocenters. The number of nitrogens with zero attached hydrogens (tertiary/aromatic N) is 4. The molecule has 1 saturated heterocycles. The first-order valence-electron chi connectivity index (χ1n) is 8.80. The Balaban J connectivity index is 1.83. The van der Waals surface area contributed by atoms with Gasteiger partial charge in [-0.1, -0.05) is 6.08 Å². The fourth-order valence-corrected chi connectivity index (χ4v) is 3.88. The normalized spacial score (nSPS) is 20.2. The van der Waals surface area contributed by atoms with Crippen molar-refractivity contribution in [1.29, 1.82) is 0 Å². The predicted octanol–water partition coefficient (Wildman–Crippen LogP) is 3.27. The fourth-order valence-electron chi connectivity index (χ4n) is 3.88. The Kier molecular flexibility index (Phi) is 4.11. The molecule has 2 aromatic heterocycles. The minimum absolute atomic E-state index is 0.185. The Bertz CT molecular complexity index is 889. The molecule has 0 N–H and O–H groups in total. The van der Waals surface area contributed by atoms with E-state index in [-0.39, 0.29) is 5.56 Å². The number of rotatable bonds is 2. The molecule has 3 heterocycles. The highest BCUT2D eigenvalue weighted by Gasteiger charge is 2.29. The summed E-state index contributed by atoms with van der Waals surface area (Å²) in [5.74, 6) is 0.667. The van der Waals surface area contributed by atoms with Crippen LogP contribution in [0.5, 0.6) is 0 Å². The van der Waals surface area contributed by atoms with E-state index in [1.165, 1.54) is 37.2 Å². The molecule has 5 nitrogen and oxygen atoms in total. The van der Waals surface area contributed by atoms with Gasteiger partial charge in [-0.3, -0.25) is 14.3 Å². The van der Waals surface area contributed by atoms with Crippen molar-refractivity contribution in [2.24, 2.45) is 13.0 Å². The van der Waals surface area contributed by atoms with E-state index < -0.39 is 5.82 Å². The van der Waals surface area contributed by atoms with E-state index in [9.17, 15) is 9.18 Å². The van der Waals surface area contributed by atoms with Crippen molar-refractivity contribution in [3.8, 4) is 11.3 Å². The summed E-state index contributed by atoms with van der Waals surface area (Å²) in [6, 6.07) is 2.94. The second-order valence-corrected chi connectivity index (χ2v) is 6.74. The number of halogens is 1. The van der Waals surface area contributed by atoms with Crippen LogP contribution in [0.15, 0.2) is 41.1 Å². The fraction of sp³-hybridized carbons (Fsp3) is 0.421. The van der Waals surface area contributed by atoms with Gasteiger partial charge >= 0.3 is 0 Å². The number of fused-ring (bicyclic) bond motifs is 1. The lowest BCUT2D eigenvalue weighted by atomic mass is 9.85. The van der Waals surface area contributed by atoms with Crippen molar-refractivity contribution >= 4 is 5.95 Å². The number of hydrogen-bond donors (Lipinski definition) is 0. The summed E-state index contributed by atoms with van der Waals surface area (Å²) in [7, 11) is 1.73. The van der Waals surface area contributed by atoms with Gasteiger partial charge in [0.1, 0.15) is 0 Å². The zero-order valence-corrected chi connectivity index (χ0v) is 14.3. The summed E-state index contributed by atoms with van der Waals surface area (Å²) in [5, 5.41) is 0. The van der Waals surface area contributed by atoms with Gasteiger partial charge in [-0.25, -0.2) is 9.37 Å². The average molecular weight is 340 g/mol. The van der Waals surface area contributed by atoms with Crippen LogP contribution >= 0.6 is 0 Å². The highest BCUT2D eigenvalue weighted by molar-refractivity contribution is 5.61. The highest BCUT2D eigenvalue weighted by atomic mass is 19.1. The first-order valence-corrected chi connectivity index (χ1v) is 8.80. The van der Waals surface area contributed by atoms with Crippen LogP contribution in [0.2, 0.25) is 0 Å². The molecule has 1 aliphatic carbocycles. The minimum atomic E-state index is -0.470. The lowest BCUT2D eigenvalue weighted by Gasteiger charge is -2.39. The minimum Gasteiger partial charge on any atom is -0.316 e. The molecule has 2 aromatic rings. The lowest BCUT2D eigenvalue weighted by molar-refractivity contribution is 0.413. The van der Waals surface area contributed by atoms with Gasteiger partial charge in [-0.15, -0.1) is 0 Å². The van der Waals surface area contributed by atoms with Gasteiger partial charge in [0.25, 0.3) is 5.56 Å². The third-order valence-electron chi connectivity index (χ3n) is 5.18. The van der Waals surface area contributed by atoms with Gasteiger partial charge in [-0.2, -0.15) is 0 Å². The maximum absolute atomic E-state index is 14.1. The SMILES string of the molecule is Cn1c(N2CCC[C@H]3CCCC=C32)nc(-c2ccncc2F)cc1=O. The van der Waals surface area contributed by atoms with Gasteiger partial charge < -0.3 is 4.90 Å². The Labute approximate surface area is 145 Å². The first-order chi connectivity index (χ1) is 12.1. The summed E-state index contributed by atoms with van der Waals surface area (Å²) < 4.78 is 15.7. The molecule has 1 aliphatic heterocycles. The van der Waals surface area contributed by atoms with Crippen molar-refractivity contribution < 1.29 is 4.39 Å². The van der Waals surface area contributed by atoms with Crippen LogP contribution in [0, 0.1) is 11.7 Å².